The second-order valence-electron chi connectivity index (χ2n) is 4.26. The van der Waals surface area contributed by atoms with Crippen molar-refractivity contribution in [3.63, 3.8) is 0 Å². The van der Waals surface area contributed by atoms with E-state index in [1.54, 1.807) is 0 Å². The van der Waals surface area contributed by atoms with Crippen molar-refractivity contribution in [1.82, 2.24) is 4.90 Å². The van der Waals surface area contributed by atoms with Gasteiger partial charge in [-0.15, -0.1) is 0 Å². The van der Waals surface area contributed by atoms with Gasteiger partial charge < -0.3 is 10.2 Å². The van der Waals surface area contributed by atoms with Crippen LogP contribution in [0.25, 0.3) is 0 Å². The van der Waals surface area contributed by atoms with Gasteiger partial charge in [-0.1, -0.05) is 17.7 Å². The average molecular weight is 295 g/mol. The fourth-order valence-corrected chi connectivity index (χ4v) is 1.80. The Morgan fingerprint density at radius 1 is 1.37 bits per heavy atom. The highest BCUT2D eigenvalue weighted by molar-refractivity contribution is 6.33. The summed E-state index contributed by atoms with van der Waals surface area (Å²) in [5.41, 5.74) is -1.17. The van der Waals surface area contributed by atoms with Crippen molar-refractivity contribution in [3.8, 4) is 0 Å². The van der Waals surface area contributed by atoms with Gasteiger partial charge in [-0.05, 0) is 19.1 Å². The van der Waals surface area contributed by atoms with Crippen molar-refractivity contribution in [1.29, 1.82) is 0 Å². The first kappa shape index (κ1) is 15.6. The van der Waals surface area contributed by atoms with Gasteiger partial charge in [-0.2, -0.15) is 13.2 Å². The van der Waals surface area contributed by atoms with E-state index in [0.29, 0.717) is 0 Å². The van der Waals surface area contributed by atoms with Gasteiger partial charge in [0.15, 0.2) is 0 Å². The zero-order valence-corrected chi connectivity index (χ0v) is 11.4. The molecule has 0 aliphatic heterocycles. The summed E-state index contributed by atoms with van der Waals surface area (Å²) in [5.74, 6) is -0.340. The minimum Gasteiger partial charge on any atom is -0.372 e. The van der Waals surface area contributed by atoms with Gasteiger partial charge in [0.1, 0.15) is 6.04 Å². The molecule has 1 N–H and O–H groups in total. The number of carbonyl (C=O) groups excluding carboxylic acids is 1. The van der Waals surface area contributed by atoms with Crippen molar-refractivity contribution in [3.05, 3.63) is 28.8 Å². The molecule has 106 valence electrons. The lowest BCUT2D eigenvalue weighted by Crippen LogP contribution is -2.37. The number of hydrogen-bond acceptors (Lipinski definition) is 2. The molecule has 0 radical (unpaired) electrons. The summed E-state index contributed by atoms with van der Waals surface area (Å²) in [6.45, 7) is 1.48. The highest BCUT2D eigenvalue weighted by Crippen LogP contribution is 2.38. The maximum absolute atomic E-state index is 12.8. The van der Waals surface area contributed by atoms with E-state index in [-0.39, 0.29) is 16.6 Å². The van der Waals surface area contributed by atoms with Crippen LogP contribution >= 0.6 is 11.6 Å². The van der Waals surface area contributed by atoms with Gasteiger partial charge in [-0.25, -0.2) is 0 Å². The molecule has 1 aromatic rings. The first-order valence-corrected chi connectivity index (χ1v) is 5.85. The Balaban J connectivity index is 3.10. The van der Waals surface area contributed by atoms with E-state index in [4.69, 9.17) is 11.6 Å². The minimum absolute atomic E-state index is 0.0757. The topological polar surface area (TPSA) is 32.3 Å². The zero-order valence-electron chi connectivity index (χ0n) is 10.7. The maximum atomic E-state index is 12.8. The lowest BCUT2D eigenvalue weighted by molar-refractivity contribution is -0.137. The molecule has 1 unspecified atom stereocenters. The Kier molecular flexibility index (Phi) is 4.68. The Bertz CT molecular complexity index is 475. The standard InChI is InChI=1S/C12H14ClF3N2O/c1-7(11(19)18(2)3)17-10-8(12(14,15)16)5-4-6-9(10)13/h4-7,17H,1-3H3. The Morgan fingerprint density at radius 3 is 2.42 bits per heavy atom. The van der Waals surface area contributed by atoms with Crippen LogP contribution in [0.15, 0.2) is 18.2 Å². The van der Waals surface area contributed by atoms with Crippen LogP contribution in [0.5, 0.6) is 0 Å². The third-order valence-corrected chi connectivity index (χ3v) is 2.81. The smallest absolute Gasteiger partial charge is 0.372 e. The number of benzene rings is 1. The molecule has 0 aliphatic carbocycles. The fraction of sp³-hybridized carbons (Fsp3) is 0.417. The summed E-state index contributed by atoms with van der Waals surface area (Å²) in [7, 11) is 3.05. The summed E-state index contributed by atoms with van der Waals surface area (Å²) >= 11 is 5.78. The van der Waals surface area contributed by atoms with Crippen LogP contribution in [0.1, 0.15) is 12.5 Å². The van der Waals surface area contributed by atoms with Crippen LogP contribution < -0.4 is 5.32 Å². The van der Waals surface area contributed by atoms with Gasteiger partial charge in [0.25, 0.3) is 0 Å². The van der Waals surface area contributed by atoms with E-state index in [1.165, 1.54) is 38.1 Å². The zero-order chi connectivity index (χ0) is 14.8. The third-order valence-electron chi connectivity index (χ3n) is 2.49. The van der Waals surface area contributed by atoms with Crippen molar-refractivity contribution in [2.75, 3.05) is 19.4 Å². The number of carbonyl (C=O) groups is 1. The number of hydrogen-bond donors (Lipinski definition) is 1. The predicted octanol–water partition coefficient (Wildman–Crippen LogP) is 3.25. The number of nitrogens with zero attached hydrogens (tertiary/aromatic N) is 1. The Hall–Kier alpha value is -1.43. The summed E-state index contributed by atoms with van der Waals surface area (Å²) < 4.78 is 38.5. The fourth-order valence-electron chi connectivity index (χ4n) is 1.57. The van der Waals surface area contributed by atoms with Gasteiger partial charge in [0, 0.05) is 14.1 Å². The van der Waals surface area contributed by atoms with Gasteiger partial charge in [0.2, 0.25) is 5.91 Å². The van der Waals surface area contributed by atoms with E-state index in [9.17, 15) is 18.0 Å². The summed E-state index contributed by atoms with van der Waals surface area (Å²) in [6, 6.07) is 2.66. The van der Waals surface area contributed by atoms with Crippen molar-refractivity contribution < 1.29 is 18.0 Å². The quantitative estimate of drug-likeness (QED) is 0.928. The highest BCUT2D eigenvalue weighted by Gasteiger charge is 2.35. The number of likely N-dealkylation sites (N-methyl/N-ethyl adjacent to an activating group) is 1. The van der Waals surface area contributed by atoms with E-state index in [1.807, 2.05) is 0 Å². The summed E-state index contributed by atoms with van der Waals surface area (Å²) in [5, 5.41) is 2.45. The number of alkyl halides is 3. The molecule has 0 saturated carbocycles. The van der Waals surface area contributed by atoms with Gasteiger partial charge >= 0.3 is 6.18 Å². The molecule has 7 heteroatoms. The molecular weight excluding hydrogens is 281 g/mol. The molecule has 0 bridgehead atoms. The monoisotopic (exact) mass is 294 g/mol. The van der Waals surface area contributed by atoms with Crippen LogP contribution in [0, 0.1) is 0 Å². The first-order chi connectivity index (χ1) is 8.64. The van der Waals surface area contributed by atoms with E-state index in [0.717, 1.165) is 6.07 Å². The van der Waals surface area contributed by atoms with E-state index < -0.39 is 17.8 Å². The normalized spacial score (nSPS) is 13.0. The molecule has 0 heterocycles. The lowest BCUT2D eigenvalue weighted by atomic mass is 10.1. The second kappa shape index (κ2) is 5.69. The number of amides is 1. The molecule has 3 nitrogen and oxygen atoms in total. The Morgan fingerprint density at radius 2 is 1.95 bits per heavy atom. The molecule has 0 aromatic heterocycles. The second-order valence-corrected chi connectivity index (χ2v) is 4.67. The molecule has 0 aliphatic rings. The molecule has 0 spiro atoms. The van der Waals surface area contributed by atoms with Crippen LogP contribution in [0.4, 0.5) is 18.9 Å². The average Bonchev–Trinajstić information content (AvgIpc) is 2.28. The van der Waals surface area contributed by atoms with Crippen LogP contribution in [0.3, 0.4) is 0 Å². The summed E-state index contributed by atoms with van der Waals surface area (Å²) in [4.78, 5) is 13.0. The maximum Gasteiger partial charge on any atom is 0.418 e. The van der Waals surface area contributed by atoms with Gasteiger partial charge in [0.05, 0.1) is 16.3 Å². The van der Waals surface area contributed by atoms with Crippen molar-refractivity contribution >= 4 is 23.2 Å². The number of nitrogens with one attached hydrogen (secondary N) is 1. The highest BCUT2D eigenvalue weighted by atomic mass is 35.5. The van der Waals surface area contributed by atoms with Crippen LogP contribution in [-0.2, 0) is 11.0 Å². The third kappa shape index (κ3) is 3.76. The molecule has 0 saturated heterocycles. The molecule has 1 rings (SSSR count). The van der Waals surface area contributed by atoms with Crippen molar-refractivity contribution in [2.45, 2.75) is 19.1 Å². The van der Waals surface area contributed by atoms with Crippen LogP contribution in [0.2, 0.25) is 5.02 Å². The number of para-hydroxylation sites is 1. The molecule has 1 aromatic carbocycles. The number of halogens is 4. The lowest BCUT2D eigenvalue weighted by Gasteiger charge is -2.22. The Labute approximate surface area is 114 Å². The van der Waals surface area contributed by atoms with E-state index >= 15 is 0 Å². The molecule has 1 amide bonds. The number of anilines is 1. The largest absolute Gasteiger partial charge is 0.418 e. The predicted molar refractivity (Wildman–Crippen MR) is 68.2 cm³/mol. The molecule has 1 atom stereocenters. The minimum atomic E-state index is -4.53. The SMILES string of the molecule is CC(Nc1c(Cl)cccc1C(F)(F)F)C(=O)N(C)C. The van der Waals surface area contributed by atoms with Gasteiger partial charge in [-0.3, -0.25) is 4.79 Å². The van der Waals surface area contributed by atoms with Crippen LogP contribution in [-0.4, -0.2) is 30.9 Å². The molecule has 19 heavy (non-hydrogen) atoms. The van der Waals surface area contributed by atoms with Crippen molar-refractivity contribution in [2.24, 2.45) is 0 Å². The molecule has 0 fully saturated rings. The summed E-state index contributed by atoms with van der Waals surface area (Å²) in [6.07, 6.45) is -4.53. The molecular formula is C12H14ClF3N2O. The number of rotatable bonds is 3. The first-order valence-electron chi connectivity index (χ1n) is 5.48. The van der Waals surface area contributed by atoms with E-state index in [2.05, 4.69) is 5.32 Å².